The van der Waals surface area contributed by atoms with E-state index >= 15 is 0 Å². The predicted octanol–water partition coefficient (Wildman–Crippen LogP) is 3.70. The fourth-order valence-corrected chi connectivity index (χ4v) is 1.79. The Hall–Kier alpha value is -1.29. The first-order valence-electron chi connectivity index (χ1n) is 5.54. The molecule has 1 rings (SSSR count). The van der Waals surface area contributed by atoms with Crippen molar-refractivity contribution in [2.45, 2.75) is 40.5 Å². The predicted molar refractivity (Wildman–Crippen MR) is 63.8 cm³/mol. The summed E-state index contributed by atoms with van der Waals surface area (Å²) in [6, 6.07) is 6.81. The molecule has 0 radical (unpaired) electrons. The van der Waals surface area contributed by atoms with E-state index in [9.17, 15) is 0 Å². The van der Waals surface area contributed by atoms with Crippen molar-refractivity contribution < 1.29 is 0 Å². The molecule has 0 aromatic heterocycles. The maximum atomic E-state index is 8.95. The Labute approximate surface area is 92.7 Å². The first-order chi connectivity index (χ1) is 7.08. The second kappa shape index (κ2) is 4.98. The number of hydrogen-bond acceptors (Lipinski definition) is 1. The van der Waals surface area contributed by atoms with Gasteiger partial charge < -0.3 is 0 Å². The van der Waals surface area contributed by atoms with E-state index in [-0.39, 0.29) is 5.92 Å². The van der Waals surface area contributed by atoms with Crippen LogP contribution in [-0.2, 0) is 6.42 Å². The molecular formula is C14H19N. The highest BCUT2D eigenvalue weighted by atomic mass is 14.3. The van der Waals surface area contributed by atoms with Gasteiger partial charge in [-0.2, -0.15) is 5.26 Å². The summed E-state index contributed by atoms with van der Waals surface area (Å²) in [4.78, 5) is 0. The fraction of sp³-hybridized carbons (Fsp3) is 0.500. The maximum Gasteiger partial charge on any atom is 0.0659 e. The van der Waals surface area contributed by atoms with E-state index in [1.165, 1.54) is 22.3 Å². The maximum absolute atomic E-state index is 8.95. The second-order valence-electron chi connectivity index (χ2n) is 4.30. The SMILES string of the molecule is CCC(C#N)Cc1cc(C)c(C)cc1C. The van der Waals surface area contributed by atoms with Crippen molar-refractivity contribution in [2.24, 2.45) is 5.92 Å². The van der Waals surface area contributed by atoms with Crippen LogP contribution < -0.4 is 0 Å². The van der Waals surface area contributed by atoms with Crippen molar-refractivity contribution in [1.29, 1.82) is 5.26 Å². The highest BCUT2D eigenvalue weighted by Crippen LogP contribution is 2.19. The van der Waals surface area contributed by atoms with Crippen molar-refractivity contribution in [3.63, 3.8) is 0 Å². The smallest absolute Gasteiger partial charge is 0.0659 e. The molecule has 0 aliphatic carbocycles. The summed E-state index contributed by atoms with van der Waals surface area (Å²) < 4.78 is 0. The number of rotatable bonds is 3. The third-order valence-corrected chi connectivity index (χ3v) is 3.09. The van der Waals surface area contributed by atoms with Gasteiger partial charge in [-0.15, -0.1) is 0 Å². The molecule has 0 saturated carbocycles. The third kappa shape index (κ3) is 2.83. The third-order valence-electron chi connectivity index (χ3n) is 3.09. The first kappa shape index (κ1) is 11.8. The van der Waals surface area contributed by atoms with E-state index in [0.29, 0.717) is 0 Å². The minimum atomic E-state index is 0.158. The Kier molecular flexibility index (Phi) is 3.91. The zero-order chi connectivity index (χ0) is 11.4. The van der Waals surface area contributed by atoms with Gasteiger partial charge in [0.25, 0.3) is 0 Å². The molecule has 1 heteroatoms. The van der Waals surface area contributed by atoms with Gasteiger partial charge >= 0.3 is 0 Å². The summed E-state index contributed by atoms with van der Waals surface area (Å²) in [5.41, 5.74) is 5.29. The molecule has 80 valence electrons. The van der Waals surface area contributed by atoms with Gasteiger partial charge in [0.05, 0.1) is 12.0 Å². The molecular weight excluding hydrogens is 182 g/mol. The van der Waals surface area contributed by atoms with E-state index < -0.39 is 0 Å². The molecule has 0 bridgehead atoms. The van der Waals surface area contributed by atoms with Crippen molar-refractivity contribution in [3.8, 4) is 6.07 Å². The molecule has 0 spiro atoms. The summed E-state index contributed by atoms with van der Waals surface area (Å²) in [7, 11) is 0. The average Bonchev–Trinajstić information content (AvgIpc) is 2.21. The molecule has 1 unspecified atom stereocenters. The van der Waals surface area contributed by atoms with Gasteiger partial charge in [0, 0.05) is 0 Å². The van der Waals surface area contributed by atoms with Crippen molar-refractivity contribution in [2.75, 3.05) is 0 Å². The summed E-state index contributed by atoms with van der Waals surface area (Å²) in [5.74, 6) is 0.158. The topological polar surface area (TPSA) is 23.8 Å². The zero-order valence-corrected chi connectivity index (χ0v) is 10.1. The summed E-state index contributed by atoms with van der Waals surface area (Å²) in [6.07, 6.45) is 1.82. The molecule has 0 amide bonds. The first-order valence-corrected chi connectivity index (χ1v) is 5.54. The highest BCUT2D eigenvalue weighted by Gasteiger charge is 2.08. The Morgan fingerprint density at radius 2 is 1.73 bits per heavy atom. The van der Waals surface area contributed by atoms with Gasteiger partial charge in [0.15, 0.2) is 0 Å². The van der Waals surface area contributed by atoms with Crippen molar-refractivity contribution in [3.05, 3.63) is 34.4 Å². The second-order valence-corrected chi connectivity index (χ2v) is 4.30. The molecule has 15 heavy (non-hydrogen) atoms. The largest absolute Gasteiger partial charge is 0.198 e. The number of benzene rings is 1. The van der Waals surface area contributed by atoms with Crippen LogP contribution in [0, 0.1) is 38.0 Å². The molecule has 0 saturated heterocycles. The van der Waals surface area contributed by atoms with Crippen LogP contribution in [0.5, 0.6) is 0 Å². The van der Waals surface area contributed by atoms with E-state index in [2.05, 4.69) is 45.9 Å². The van der Waals surface area contributed by atoms with Crippen LogP contribution in [-0.4, -0.2) is 0 Å². The van der Waals surface area contributed by atoms with Crippen LogP contribution in [0.2, 0.25) is 0 Å². The molecule has 0 fully saturated rings. The van der Waals surface area contributed by atoms with E-state index in [1.807, 2.05) is 0 Å². The summed E-state index contributed by atoms with van der Waals surface area (Å²) in [5, 5.41) is 8.95. The summed E-state index contributed by atoms with van der Waals surface area (Å²) >= 11 is 0. The fourth-order valence-electron chi connectivity index (χ4n) is 1.79. The summed E-state index contributed by atoms with van der Waals surface area (Å²) in [6.45, 7) is 8.47. The van der Waals surface area contributed by atoms with Gasteiger partial charge in [0.1, 0.15) is 0 Å². The number of hydrogen-bond donors (Lipinski definition) is 0. The lowest BCUT2D eigenvalue weighted by molar-refractivity contribution is 0.636. The van der Waals surface area contributed by atoms with Crippen LogP contribution in [0.1, 0.15) is 35.6 Å². The van der Waals surface area contributed by atoms with Crippen LogP contribution in [0.3, 0.4) is 0 Å². The van der Waals surface area contributed by atoms with E-state index in [4.69, 9.17) is 5.26 Å². The minimum absolute atomic E-state index is 0.158. The Morgan fingerprint density at radius 1 is 1.13 bits per heavy atom. The number of nitriles is 1. The number of nitrogens with zero attached hydrogens (tertiary/aromatic N) is 1. The molecule has 0 N–H and O–H groups in total. The van der Waals surface area contributed by atoms with Crippen LogP contribution in [0.4, 0.5) is 0 Å². The average molecular weight is 201 g/mol. The molecule has 0 heterocycles. The Balaban J connectivity index is 2.96. The zero-order valence-electron chi connectivity index (χ0n) is 10.1. The molecule has 0 aliphatic heterocycles. The lowest BCUT2D eigenvalue weighted by atomic mass is 9.92. The number of aryl methyl sites for hydroxylation is 3. The van der Waals surface area contributed by atoms with Crippen LogP contribution >= 0.6 is 0 Å². The van der Waals surface area contributed by atoms with Gasteiger partial charge in [0.2, 0.25) is 0 Å². The molecule has 0 aliphatic rings. The van der Waals surface area contributed by atoms with Gasteiger partial charge in [-0.1, -0.05) is 19.1 Å². The van der Waals surface area contributed by atoms with Gasteiger partial charge in [-0.25, -0.2) is 0 Å². The Morgan fingerprint density at radius 3 is 2.27 bits per heavy atom. The molecule has 1 aromatic rings. The standard InChI is InChI=1S/C14H19N/c1-5-13(9-15)8-14-7-11(3)10(2)6-12(14)4/h6-7,13H,5,8H2,1-4H3. The van der Waals surface area contributed by atoms with Crippen LogP contribution in [0.25, 0.3) is 0 Å². The van der Waals surface area contributed by atoms with E-state index in [0.717, 1.165) is 12.8 Å². The van der Waals surface area contributed by atoms with E-state index in [1.54, 1.807) is 0 Å². The Bertz CT molecular complexity index is 385. The monoisotopic (exact) mass is 201 g/mol. The molecule has 1 aromatic carbocycles. The lowest BCUT2D eigenvalue weighted by Gasteiger charge is -2.12. The normalized spacial score (nSPS) is 12.2. The molecule has 1 nitrogen and oxygen atoms in total. The van der Waals surface area contributed by atoms with Crippen LogP contribution in [0.15, 0.2) is 12.1 Å². The van der Waals surface area contributed by atoms with Gasteiger partial charge in [-0.3, -0.25) is 0 Å². The van der Waals surface area contributed by atoms with Gasteiger partial charge in [-0.05, 0) is 55.9 Å². The quantitative estimate of drug-likeness (QED) is 0.731. The minimum Gasteiger partial charge on any atom is -0.198 e. The van der Waals surface area contributed by atoms with Crippen molar-refractivity contribution >= 4 is 0 Å². The molecule has 1 atom stereocenters. The lowest BCUT2D eigenvalue weighted by Crippen LogP contribution is -2.02. The highest BCUT2D eigenvalue weighted by molar-refractivity contribution is 5.36. The van der Waals surface area contributed by atoms with Crippen molar-refractivity contribution in [1.82, 2.24) is 0 Å².